The second kappa shape index (κ2) is 5.83. The van der Waals surface area contributed by atoms with Gasteiger partial charge in [-0.15, -0.1) is 0 Å². The van der Waals surface area contributed by atoms with Crippen LogP contribution in [0, 0.1) is 0 Å². The van der Waals surface area contributed by atoms with Gasteiger partial charge in [-0.3, -0.25) is 19.2 Å². The minimum atomic E-state index is -0.962. The maximum absolute atomic E-state index is 11.8. The summed E-state index contributed by atoms with van der Waals surface area (Å²) >= 11 is 0. The molecule has 104 valence electrons. The Balaban J connectivity index is 2.11. The molecule has 1 amide bonds. The standard InChI is InChI=1S/C12H18N4O3/c1-2-16-9(3-4-14-16)8-15-6-5-13-12(19)10(15)7-11(17)18/h3-4,10H,2,5-8H2,1H3,(H,13,19)(H,17,18). The summed E-state index contributed by atoms with van der Waals surface area (Å²) in [6.45, 7) is 4.49. The van der Waals surface area contributed by atoms with E-state index in [1.54, 1.807) is 6.20 Å². The molecule has 0 saturated carbocycles. The van der Waals surface area contributed by atoms with Crippen LogP contribution in [0.2, 0.25) is 0 Å². The maximum Gasteiger partial charge on any atom is 0.305 e. The molecule has 0 spiro atoms. The number of carbonyl (C=O) groups is 2. The van der Waals surface area contributed by atoms with Crippen LogP contribution in [0.3, 0.4) is 0 Å². The van der Waals surface area contributed by atoms with Crippen LogP contribution in [0.25, 0.3) is 0 Å². The van der Waals surface area contributed by atoms with E-state index in [0.29, 0.717) is 19.6 Å². The highest BCUT2D eigenvalue weighted by Gasteiger charge is 2.31. The van der Waals surface area contributed by atoms with Crippen LogP contribution in [0.15, 0.2) is 12.3 Å². The fraction of sp³-hybridized carbons (Fsp3) is 0.583. The van der Waals surface area contributed by atoms with Crippen LogP contribution < -0.4 is 5.32 Å². The molecule has 0 radical (unpaired) electrons. The lowest BCUT2D eigenvalue weighted by Gasteiger charge is -2.34. The van der Waals surface area contributed by atoms with Crippen LogP contribution in [0.1, 0.15) is 19.0 Å². The number of nitrogens with one attached hydrogen (secondary N) is 1. The highest BCUT2D eigenvalue weighted by Crippen LogP contribution is 2.13. The van der Waals surface area contributed by atoms with Gasteiger partial charge in [-0.05, 0) is 13.0 Å². The molecule has 2 heterocycles. The topological polar surface area (TPSA) is 87.5 Å². The predicted octanol–water partition coefficient (Wildman–Crippen LogP) is -0.322. The summed E-state index contributed by atoms with van der Waals surface area (Å²) < 4.78 is 1.85. The fourth-order valence-electron chi connectivity index (χ4n) is 2.33. The summed E-state index contributed by atoms with van der Waals surface area (Å²) in [5, 5.41) is 15.8. The number of piperazine rings is 1. The highest BCUT2D eigenvalue weighted by molar-refractivity contribution is 5.86. The monoisotopic (exact) mass is 266 g/mol. The number of amides is 1. The molecule has 2 N–H and O–H groups in total. The number of carboxylic acid groups (broad SMARTS) is 1. The second-order valence-electron chi connectivity index (χ2n) is 4.51. The summed E-state index contributed by atoms with van der Waals surface area (Å²) in [5.41, 5.74) is 0.993. The first-order chi connectivity index (χ1) is 9.11. The second-order valence-corrected chi connectivity index (χ2v) is 4.51. The van der Waals surface area contributed by atoms with Crippen molar-refractivity contribution in [2.24, 2.45) is 0 Å². The van der Waals surface area contributed by atoms with E-state index in [1.807, 2.05) is 22.6 Å². The number of nitrogens with zero attached hydrogens (tertiary/aromatic N) is 3. The van der Waals surface area contributed by atoms with Crippen molar-refractivity contribution >= 4 is 11.9 Å². The van der Waals surface area contributed by atoms with Crippen molar-refractivity contribution in [1.82, 2.24) is 20.0 Å². The minimum absolute atomic E-state index is 0.175. The maximum atomic E-state index is 11.8. The molecule has 0 aliphatic carbocycles. The fourth-order valence-corrected chi connectivity index (χ4v) is 2.33. The molecule has 1 aromatic heterocycles. The number of aryl methyl sites for hydroxylation is 1. The smallest absolute Gasteiger partial charge is 0.305 e. The van der Waals surface area contributed by atoms with Crippen molar-refractivity contribution in [1.29, 1.82) is 0 Å². The molecule has 2 rings (SSSR count). The molecule has 1 aliphatic rings. The van der Waals surface area contributed by atoms with Gasteiger partial charge in [0, 0.05) is 32.4 Å². The van der Waals surface area contributed by atoms with Gasteiger partial charge in [0.15, 0.2) is 0 Å². The summed E-state index contributed by atoms with van der Waals surface area (Å²) in [6.07, 6.45) is 1.54. The van der Waals surface area contributed by atoms with Crippen LogP contribution in [-0.2, 0) is 22.7 Å². The van der Waals surface area contributed by atoms with E-state index in [1.165, 1.54) is 0 Å². The van der Waals surface area contributed by atoms with Gasteiger partial charge in [0.2, 0.25) is 5.91 Å². The van der Waals surface area contributed by atoms with Gasteiger partial charge in [0.05, 0.1) is 12.1 Å². The molecule has 7 heteroatoms. The number of hydrogen-bond donors (Lipinski definition) is 2. The van der Waals surface area contributed by atoms with Gasteiger partial charge in [0.25, 0.3) is 0 Å². The molecule has 1 unspecified atom stereocenters. The third-order valence-corrected chi connectivity index (χ3v) is 3.28. The molecule has 1 saturated heterocycles. The van der Waals surface area contributed by atoms with Crippen molar-refractivity contribution in [2.45, 2.75) is 32.5 Å². The number of aromatic nitrogens is 2. The van der Waals surface area contributed by atoms with Crippen molar-refractivity contribution in [2.75, 3.05) is 13.1 Å². The predicted molar refractivity (Wildman–Crippen MR) is 67.4 cm³/mol. The first-order valence-electron chi connectivity index (χ1n) is 6.36. The van der Waals surface area contributed by atoms with E-state index in [9.17, 15) is 9.59 Å². The Morgan fingerprint density at radius 1 is 1.63 bits per heavy atom. The Morgan fingerprint density at radius 3 is 3.11 bits per heavy atom. The number of rotatable bonds is 5. The Labute approximate surface area is 111 Å². The van der Waals surface area contributed by atoms with E-state index < -0.39 is 12.0 Å². The molecule has 0 bridgehead atoms. The lowest BCUT2D eigenvalue weighted by molar-refractivity contribution is -0.143. The molecule has 1 aromatic rings. The molecule has 1 aliphatic heterocycles. The highest BCUT2D eigenvalue weighted by atomic mass is 16.4. The van der Waals surface area contributed by atoms with Crippen molar-refractivity contribution in [3.8, 4) is 0 Å². The van der Waals surface area contributed by atoms with E-state index >= 15 is 0 Å². The van der Waals surface area contributed by atoms with Gasteiger partial charge in [-0.25, -0.2) is 0 Å². The van der Waals surface area contributed by atoms with E-state index in [2.05, 4.69) is 10.4 Å². The van der Waals surface area contributed by atoms with Gasteiger partial charge in [-0.1, -0.05) is 0 Å². The van der Waals surface area contributed by atoms with Crippen molar-refractivity contribution in [3.63, 3.8) is 0 Å². The van der Waals surface area contributed by atoms with E-state index in [0.717, 1.165) is 12.2 Å². The summed E-state index contributed by atoms with van der Waals surface area (Å²) in [4.78, 5) is 24.5. The largest absolute Gasteiger partial charge is 0.481 e. The number of carbonyl (C=O) groups excluding carboxylic acids is 1. The van der Waals surface area contributed by atoms with Crippen molar-refractivity contribution < 1.29 is 14.7 Å². The summed E-state index contributed by atoms with van der Waals surface area (Å²) in [5.74, 6) is -1.17. The molecule has 19 heavy (non-hydrogen) atoms. The Morgan fingerprint density at radius 2 is 2.42 bits per heavy atom. The van der Waals surface area contributed by atoms with Gasteiger partial charge in [-0.2, -0.15) is 5.10 Å². The number of hydrogen-bond acceptors (Lipinski definition) is 4. The average Bonchev–Trinajstić information content (AvgIpc) is 2.80. The van der Waals surface area contributed by atoms with E-state index in [4.69, 9.17) is 5.11 Å². The van der Waals surface area contributed by atoms with Crippen molar-refractivity contribution in [3.05, 3.63) is 18.0 Å². The van der Waals surface area contributed by atoms with Gasteiger partial charge in [0.1, 0.15) is 6.04 Å². The SMILES string of the molecule is CCn1nccc1CN1CCNC(=O)C1CC(=O)O. The van der Waals surface area contributed by atoms with Crippen LogP contribution in [-0.4, -0.2) is 50.8 Å². The lowest BCUT2D eigenvalue weighted by Crippen LogP contribution is -2.55. The van der Waals surface area contributed by atoms with Gasteiger partial charge < -0.3 is 10.4 Å². The average molecular weight is 266 g/mol. The number of carboxylic acids is 1. The first kappa shape index (κ1) is 13.5. The van der Waals surface area contributed by atoms with Crippen LogP contribution >= 0.6 is 0 Å². The molecule has 1 fully saturated rings. The zero-order chi connectivity index (χ0) is 13.8. The third kappa shape index (κ3) is 3.11. The summed E-state index contributed by atoms with van der Waals surface area (Å²) in [6, 6.07) is 1.29. The Hall–Kier alpha value is -1.89. The number of aliphatic carboxylic acids is 1. The Bertz CT molecular complexity index is 471. The zero-order valence-corrected chi connectivity index (χ0v) is 10.9. The molecule has 0 aromatic carbocycles. The lowest BCUT2D eigenvalue weighted by atomic mass is 10.1. The minimum Gasteiger partial charge on any atom is -0.481 e. The molecule has 7 nitrogen and oxygen atoms in total. The third-order valence-electron chi connectivity index (χ3n) is 3.28. The normalized spacial score (nSPS) is 20.3. The quantitative estimate of drug-likeness (QED) is 0.762. The van der Waals surface area contributed by atoms with Crippen LogP contribution in [0.5, 0.6) is 0 Å². The van der Waals surface area contributed by atoms with Crippen LogP contribution in [0.4, 0.5) is 0 Å². The molecular weight excluding hydrogens is 248 g/mol. The zero-order valence-electron chi connectivity index (χ0n) is 10.9. The Kier molecular flexibility index (Phi) is 4.16. The molecular formula is C12H18N4O3. The summed E-state index contributed by atoms with van der Waals surface area (Å²) in [7, 11) is 0. The van der Waals surface area contributed by atoms with E-state index in [-0.39, 0.29) is 12.3 Å². The van der Waals surface area contributed by atoms with Gasteiger partial charge >= 0.3 is 5.97 Å². The first-order valence-corrected chi connectivity index (χ1v) is 6.36. The molecule has 1 atom stereocenters.